The van der Waals surface area contributed by atoms with Crippen LogP contribution >= 0.6 is 11.3 Å². The number of allylic oxidation sites excluding steroid dienone is 1. The molecule has 0 fully saturated rings. The molecule has 2 aromatic heterocycles. The second-order valence-corrected chi connectivity index (χ2v) is 11.0. The first-order valence-electron chi connectivity index (χ1n) is 14.1. The molecule has 8 nitrogen and oxygen atoms in total. The van der Waals surface area contributed by atoms with Crippen molar-refractivity contribution in [1.82, 2.24) is 9.55 Å². The number of para-hydroxylation sites is 1. The van der Waals surface area contributed by atoms with Gasteiger partial charge < -0.3 is 19.2 Å². The highest BCUT2D eigenvalue weighted by molar-refractivity contribution is 7.07. The van der Waals surface area contributed by atoms with Crippen LogP contribution in [0.15, 0.2) is 93.9 Å². The summed E-state index contributed by atoms with van der Waals surface area (Å²) in [6.07, 6.45) is 1.92. The number of rotatable bonds is 8. The Labute approximate surface area is 252 Å². The molecule has 3 heterocycles. The molecule has 0 saturated carbocycles. The monoisotopic (exact) mass is 593 g/mol. The van der Waals surface area contributed by atoms with E-state index < -0.39 is 12.0 Å². The third-order valence-corrected chi connectivity index (χ3v) is 8.39. The van der Waals surface area contributed by atoms with E-state index in [-0.39, 0.29) is 12.2 Å². The molecule has 0 radical (unpaired) electrons. The van der Waals surface area contributed by atoms with E-state index in [1.807, 2.05) is 79.7 Å². The molecule has 6 rings (SSSR count). The Balaban J connectivity index is 1.60. The fourth-order valence-corrected chi connectivity index (χ4v) is 6.54. The smallest absolute Gasteiger partial charge is 0.338 e. The van der Waals surface area contributed by atoms with Gasteiger partial charge in [-0.2, -0.15) is 0 Å². The van der Waals surface area contributed by atoms with Gasteiger partial charge in [0.25, 0.3) is 5.56 Å². The summed E-state index contributed by atoms with van der Waals surface area (Å²) in [5.74, 6) is 0.567. The zero-order valence-corrected chi connectivity index (χ0v) is 25.2. The fraction of sp³-hybridized carbons (Fsp3) is 0.206. The Morgan fingerprint density at radius 2 is 1.79 bits per heavy atom. The van der Waals surface area contributed by atoms with E-state index >= 15 is 0 Å². The van der Waals surface area contributed by atoms with Crippen LogP contribution in [0.2, 0.25) is 0 Å². The van der Waals surface area contributed by atoms with Crippen LogP contribution in [-0.2, 0) is 9.53 Å². The number of nitrogens with one attached hydrogen (secondary N) is 1. The number of thiazole rings is 1. The Morgan fingerprint density at radius 1 is 1.02 bits per heavy atom. The maximum Gasteiger partial charge on any atom is 0.338 e. The molecule has 1 aliphatic rings. The highest BCUT2D eigenvalue weighted by Gasteiger charge is 2.34. The number of esters is 1. The summed E-state index contributed by atoms with van der Waals surface area (Å²) in [5.41, 5.74) is 5.07. The summed E-state index contributed by atoms with van der Waals surface area (Å²) in [5, 5.41) is 1.00. The number of benzene rings is 3. The Morgan fingerprint density at radius 3 is 2.53 bits per heavy atom. The number of nitrogens with zero attached hydrogens (tertiary/aromatic N) is 2. The molecule has 0 saturated heterocycles. The summed E-state index contributed by atoms with van der Waals surface area (Å²) >= 11 is 1.30. The number of carbonyl (C=O) groups is 1. The van der Waals surface area contributed by atoms with Crippen LogP contribution in [0.3, 0.4) is 0 Å². The van der Waals surface area contributed by atoms with Crippen LogP contribution in [0.4, 0.5) is 0 Å². The third kappa shape index (κ3) is 5.06. The van der Waals surface area contributed by atoms with E-state index in [9.17, 15) is 9.59 Å². The number of hydrogen-bond donors (Lipinski definition) is 1. The normalized spacial score (nSPS) is 14.9. The number of aromatic amines is 1. The maximum absolute atomic E-state index is 14.3. The zero-order valence-electron chi connectivity index (χ0n) is 24.3. The first kappa shape index (κ1) is 28.2. The average molecular weight is 594 g/mol. The van der Waals surface area contributed by atoms with Crippen LogP contribution < -0.4 is 24.4 Å². The largest absolute Gasteiger partial charge is 0.493 e. The van der Waals surface area contributed by atoms with E-state index in [1.54, 1.807) is 31.6 Å². The van der Waals surface area contributed by atoms with E-state index in [4.69, 9.17) is 19.2 Å². The molecule has 3 aromatic carbocycles. The number of hydrogen-bond acceptors (Lipinski definition) is 7. The van der Waals surface area contributed by atoms with Gasteiger partial charge in [0, 0.05) is 16.5 Å². The predicted octanol–water partition coefficient (Wildman–Crippen LogP) is 5.35. The highest BCUT2D eigenvalue weighted by atomic mass is 32.1. The third-order valence-electron chi connectivity index (χ3n) is 7.40. The molecule has 0 amide bonds. The standard InChI is InChI=1S/C34H31N3O5S/c1-5-41-27-18-22(16-17-26(27)40-4)31-29(33(39)42-6-2)20(3)35-34-37(31)32(38)28(43-34)19-24-23-14-10-11-15-25(23)36-30(24)21-12-8-7-9-13-21/h7-19,31,36H,5-6H2,1-4H3/b28-19+/t31-/m1/s1. The van der Waals surface area contributed by atoms with Crippen molar-refractivity contribution in [2.24, 2.45) is 4.99 Å². The SMILES string of the molecule is CCOC(=O)C1=C(C)N=c2s/c(=C/c3c(-c4ccccc4)[nH]c4ccccc34)c(=O)n2[C@@H]1c1ccc(OC)c(OCC)c1. The Bertz CT molecular complexity index is 2050. The van der Waals surface area contributed by atoms with Crippen molar-refractivity contribution in [2.45, 2.75) is 26.8 Å². The minimum absolute atomic E-state index is 0.197. The van der Waals surface area contributed by atoms with Crippen LogP contribution in [0.25, 0.3) is 28.2 Å². The lowest BCUT2D eigenvalue weighted by Crippen LogP contribution is -2.40. The molecule has 5 aromatic rings. The lowest BCUT2D eigenvalue weighted by Gasteiger charge is -2.25. The highest BCUT2D eigenvalue weighted by Crippen LogP contribution is 2.36. The van der Waals surface area contributed by atoms with Crippen molar-refractivity contribution in [2.75, 3.05) is 20.3 Å². The first-order chi connectivity index (χ1) is 20.9. The summed E-state index contributed by atoms with van der Waals surface area (Å²) in [7, 11) is 1.57. The van der Waals surface area contributed by atoms with Crippen molar-refractivity contribution in [1.29, 1.82) is 0 Å². The predicted molar refractivity (Wildman–Crippen MR) is 168 cm³/mol. The molecule has 1 aliphatic heterocycles. The van der Waals surface area contributed by atoms with Crippen molar-refractivity contribution in [3.8, 4) is 22.8 Å². The van der Waals surface area contributed by atoms with Gasteiger partial charge in [0.05, 0.1) is 47.9 Å². The molecular weight excluding hydrogens is 562 g/mol. The topological polar surface area (TPSA) is 94.9 Å². The summed E-state index contributed by atoms with van der Waals surface area (Å²) < 4.78 is 18.9. The average Bonchev–Trinajstić information content (AvgIpc) is 3.54. The second kappa shape index (κ2) is 11.8. The minimum Gasteiger partial charge on any atom is -0.493 e. The van der Waals surface area contributed by atoms with Crippen LogP contribution in [-0.4, -0.2) is 35.8 Å². The van der Waals surface area contributed by atoms with Gasteiger partial charge in [-0.1, -0.05) is 65.9 Å². The minimum atomic E-state index is -0.765. The maximum atomic E-state index is 14.3. The van der Waals surface area contributed by atoms with Gasteiger partial charge in [-0.3, -0.25) is 9.36 Å². The molecular formula is C34H31N3O5S. The van der Waals surface area contributed by atoms with Crippen molar-refractivity contribution < 1.29 is 19.0 Å². The lowest BCUT2D eigenvalue weighted by molar-refractivity contribution is -0.139. The van der Waals surface area contributed by atoms with E-state index in [0.29, 0.717) is 44.3 Å². The van der Waals surface area contributed by atoms with Gasteiger partial charge in [-0.15, -0.1) is 0 Å². The van der Waals surface area contributed by atoms with Gasteiger partial charge in [0.1, 0.15) is 0 Å². The molecule has 0 bridgehead atoms. The molecule has 43 heavy (non-hydrogen) atoms. The van der Waals surface area contributed by atoms with Crippen molar-refractivity contribution >= 4 is 34.3 Å². The van der Waals surface area contributed by atoms with Gasteiger partial charge in [0.2, 0.25) is 0 Å². The van der Waals surface area contributed by atoms with E-state index in [2.05, 4.69) is 4.98 Å². The molecule has 0 spiro atoms. The van der Waals surface area contributed by atoms with E-state index in [0.717, 1.165) is 27.7 Å². The molecule has 218 valence electrons. The van der Waals surface area contributed by atoms with Crippen LogP contribution in [0.1, 0.15) is 37.9 Å². The van der Waals surface area contributed by atoms with Gasteiger partial charge >= 0.3 is 5.97 Å². The number of H-pyrrole nitrogens is 1. The molecule has 0 unspecified atom stereocenters. The Kier molecular flexibility index (Phi) is 7.73. The summed E-state index contributed by atoms with van der Waals surface area (Å²) in [6, 6.07) is 22.7. The van der Waals surface area contributed by atoms with Crippen molar-refractivity contribution in [3.63, 3.8) is 0 Å². The van der Waals surface area contributed by atoms with E-state index in [1.165, 1.54) is 11.3 Å². The van der Waals surface area contributed by atoms with Crippen LogP contribution in [0, 0.1) is 0 Å². The van der Waals surface area contributed by atoms with Crippen LogP contribution in [0.5, 0.6) is 11.5 Å². The molecule has 0 aliphatic carbocycles. The van der Waals surface area contributed by atoms with Gasteiger partial charge in [-0.05, 0) is 56.2 Å². The van der Waals surface area contributed by atoms with Gasteiger partial charge in [0.15, 0.2) is 16.3 Å². The quantitative estimate of drug-likeness (QED) is 0.245. The van der Waals surface area contributed by atoms with Crippen molar-refractivity contribution in [3.05, 3.63) is 115 Å². The summed E-state index contributed by atoms with van der Waals surface area (Å²) in [4.78, 5) is 36.4. The molecule has 1 atom stereocenters. The first-order valence-corrected chi connectivity index (χ1v) is 14.9. The molecule has 1 N–H and O–H groups in total. The zero-order chi connectivity index (χ0) is 30.1. The number of aromatic nitrogens is 2. The summed E-state index contributed by atoms with van der Waals surface area (Å²) in [6.45, 7) is 6.04. The molecule has 9 heteroatoms. The number of methoxy groups -OCH3 is 1. The lowest BCUT2D eigenvalue weighted by atomic mass is 9.95. The number of carbonyl (C=O) groups excluding carboxylic acids is 1. The second-order valence-electron chi connectivity index (χ2n) is 9.97. The van der Waals surface area contributed by atoms with Gasteiger partial charge in [-0.25, -0.2) is 9.79 Å². The number of ether oxygens (including phenoxy) is 3. The number of fused-ring (bicyclic) bond motifs is 2. The Hall–Kier alpha value is -4.89. The fourth-order valence-electron chi connectivity index (χ4n) is 5.52.